The highest BCUT2D eigenvalue weighted by molar-refractivity contribution is 7.07. The Morgan fingerprint density at radius 1 is 1.13 bits per heavy atom. The van der Waals surface area contributed by atoms with Crippen LogP contribution < -0.4 is 9.64 Å². The Labute approximate surface area is 139 Å². The van der Waals surface area contributed by atoms with E-state index in [1.807, 2.05) is 35.7 Å². The number of hydrogen-bond acceptors (Lipinski definition) is 4. The summed E-state index contributed by atoms with van der Waals surface area (Å²) in [5.74, 6) is 0.666. The van der Waals surface area contributed by atoms with E-state index >= 15 is 0 Å². The molecule has 1 heterocycles. The van der Waals surface area contributed by atoms with Gasteiger partial charge in [0.05, 0.1) is 11.2 Å². The molecule has 0 N–H and O–H groups in total. The number of thiazole rings is 1. The molecule has 2 aromatic carbocycles. The molecule has 4 nitrogen and oxygen atoms in total. The summed E-state index contributed by atoms with van der Waals surface area (Å²) in [6.07, 6.45) is 0. The van der Waals surface area contributed by atoms with Gasteiger partial charge in [0.25, 0.3) is 5.91 Å². The van der Waals surface area contributed by atoms with Crippen LogP contribution in [0, 0.1) is 0 Å². The van der Waals surface area contributed by atoms with Crippen LogP contribution in [0.3, 0.4) is 0 Å². The fourth-order valence-corrected chi connectivity index (χ4v) is 2.67. The van der Waals surface area contributed by atoms with Crippen molar-refractivity contribution in [2.24, 2.45) is 0 Å². The topological polar surface area (TPSA) is 42.4 Å². The van der Waals surface area contributed by atoms with Crippen molar-refractivity contribution < 1.29 is 9.53 Å². The van der Waals surface area contributed by atoms with Gasteiger partial charge in [0.1, 0.15) is 12.4 Å². The van der Waals surface area contributed by atoms with E-state index in [1.54, 1.807) is 53.1 Å². The summed E-state index contributed by atoms with van der Waals surface area (Å²) in [7, 11) is 1.77. The zero-order valence-corrected chi connectivity index (χ0v) is 13.5. The second-order valence-corrected chi connectivity index (χ2v) is 5.71. The van der Waals surface area contributed by atoms with Crippen LogP contribution in [0.2, 0.25) is 0 Å². The smallest absolute Gasteiger partial charge is 0.258 e. The van der Waals surface area contributed by atoms with E-state index in [1.165, 1.54) is 0 Å². The van der Waals surface area contributed by atoms with Gasteiger partial charge in [0, 0.05) is 23.7 Å². The molecule has 0 radical (unpaired) electrons. The lowest BCUT2D eigenvalue weighted by molar-refractivity contribution is 0.0993. The maximum atomic E-state index is 12.5. The number of benzene rings is 2. The first-order valence-electron chi connectivity index (χ1n) is 7.17. The summed E-state index contributed by atoms with van der Waals surface area (Å²) in [5.41, 5.74) is 4.16. The van der Waals surface area contributed by atoms with E-state index in [-0.39, 0.29) is 5.91 Å². The Morgan fingerprint density at radius 2 is 1.87 bits per heavy atom. The van der Waals surface area contributed by atoms with Crippen molar-refractivity contribution >= 4 is 22.9 Å². The molecule has 0 bridgehead atoms. The second kappa shape index (κ2) is 7.07. The zero-order chi connectivity index (χ0) is 16.1. The second-order valence-electron chi connectivity index (χ2n) is 4.99. The quantitative estimate of drug-likeness (QED) is 0.712. The maximum Gasteiger partial charge on any atom is 0.258 e. The Hall–Kier alpha value is -2.66. The number of hydrogen-bond donors (Lipinski definition) is 0. The molecule has 1 amide bonds. The van der Waals surface area contributed by atoms with Gasteiger partial charge in [0.2, 0.25) is 0 Å². The van der Waals surface area contributed by atoms with Gasteiger partial charge < -0.3 is 9.64 Å². The molecular weight excluding hydrogens is 308 g/mol. The van der Waals surface area contributed by atoms with Crippen molar-refractivity contribution in [3.63, 3.8) is 0 Å². The Morgan fingerprint density at radius 3 is 2.52 bits per heavy atom. The van der Waals surface area contributed by atoms with Gasteiger partial charge >= 0.3 is 0 Å². The number of nitrogens with zero attached hydrogens (tertiary/aromatic N) is 2. The van der Waals surface area contributed by atoms with Gasteiger partial charge in [-0.05, 0) is 36.4 Å². The molecule has 1 aromatic heterocycles. The van der Waals surface area contributed by atoms with Crippen molar-refractivity contribution in [2.45, 2.75) is 6.61 Å². The minimum absolute atomic E-state index is 0.0535. The monoisotopic (exact) mass is 324 g/mol. The molecule has 0 saturated carbocycles. The average Bonchev–Trinajstić information content (AvgIpc) is 3.13. The Kier molecular flexibility index (Phi) is 4.68. The summed E-state index contributed by atoms with van der Waals surface area (Å²) in [6.45, 7) is 0.431. The van der Waals surface area contributed by atoms with E-state index in [0.29, 0.717) is 12.2 Å². The molecule has 0 fully saturated rings. The van der Waals surface area contributed by atoms with Gasteiger partial charge in [-0.1, -0.05) is 18.2 Å². The first-order valence-corrected chi connectivity index (χ1v) is 8.11. The minimum Gasteiger partial charge on any atom is -0.487 e. The normalized spacial score (nSPS) is 10.3. The molecule has 5 heteroatoms. The number of carbonyl (C=O) groups excluding carboxylic acids is 1. The first kappa shape index (κ1) is 15.2. The number of rotatable bonds is 5. The van der Waals surface area contributed by atoms with Gasteiger partial charge in [-0.2, -0.15) is 0 Å². The highest BCUT2D eigenvalue weighted by Gasteiger charge is 2.13. The molecule has 0 aliphatic heterocycles. The molecule has 0 saturated heterocycles. The van der Waals surface area contributed by atoms with Gasteiger partial charge in [-0.15, -0.1) is 11.3 Å². The van der Waals surface area contributed by atoms with Crippen molar-refractivity contribution in [3.05, 3.63) is 76.7 Å². The van der Waals surface area contributed by atoms with Gasteiger partial charge in [-0.25, -0.2) is 4.98 Å². The molecule has 0 unspecified atom stereocenters. The molecule has 0 aliphatic carbocycles. The van der Waals surface area contributed by atoms with E-state index in [2.05, 4.69) is 4.98 Å². The average molecular weight is 324 g/mol. The van der Waals surface area contributed by atoms with Crippen molar-refractivity contribution in [3.8, 4) is 5.75 Å². The van der Waals surface area contributed by atoms with Gasteiger partial charge in [-0.3, -0.25) is 4.79 Å². The van der Waals surface area contributed by atoms with E-state index in [9.17, 15) is 4.79 Å². The molecular formula is C18H16N2O2S. The molecule has 0 aliphatic rings. The first-order chi connectivity index (χ1) is 11.2. The standard InChI is InChI=1S/C18H16N2O2S/c1-20(16-5-3-2-4-6-16)18(21)14-7-9-17(10-8-14)22-11-15-12-23-13-19-15/h2-10,12-13H,11H2,1H3. The third-order valence-corrected chi connectivity index (χ3v) is 4.05. The summed E-state index contributed by atoms with van der Waals surface area (Å²) in [6, 6.07) is 16.7. The van der Waals surface area contributed by atoms with Crippen LogP contribution in [0.15, 0.2) is 65.5 Å². The third-order valence-electron chi connectivity index (χ3n) is 3.42. The number of carbonyl (C=O) groups is 1. The molecule has 0 spiro atoms. The van der Waals surface area contributed by atoms with E-state index in [4.69, 9.17) is 4.74 Å². The number of ether oxygens (including phenoxy) is 1. The minimum atomic E-state index is -0.0535. The fourth-order valence-electron chi connectivity index (χ4n) is 2.12. The van der Waals surface area contributed by atoms with Crippen LogP contribution in [0.25, 0.3) is 0 Å². The summed E-state index contributed by atoms with van der Waals surface area (Å²) in [5, 5.41) is 1.95. The van der Waals surface area contributed by atoms with E-state index < -0.39 is 0 Å². The van der Waals surface area contributed by atoms with Crippen molar-refractivity contribution in [1.82, 2.24) is 4.98 Å². The van der Waals surface area contributed by atoms with Gasteiger partial charge in [0.15, 0.2) is 0 Å². The van der Waals surface area contributed by atoms with Crippen LogP contribution in [-0.4, -0.2) is 17.9 Å². The van der Waals surface area contributed by atoms with Crippen LogP contribution in [0.5, 0.6) is 5.75 Å². The predicted octanol–water partition coefficient (Wildman–Crippen LogP) is 4.00. The third kappa shape index (κ3) is 3.76. The number of para-hydroxylation sites is 1. The SMILES string of the molecule is CN(C(=O)c1ccc(OCc2cscn2)cc1)c1ccccc1. The highest BCUT2D eigenvalue weighted by Crippen LogP contribution is 2.18. The number of amides is 1. The highest BCUT2D eigenvalue weighted by atomic mass is 32.1. The summed E-state index contributed by atoms with van der Waals surface area (Å²) < 4.78 is 5.65. The van der Waals surface area contributed by atoms with Crippen LogP contribution in [0.4, 0.5) is 5.69 Å². The zero-order valence-electron chi connectivity index (χ0n) is 12.7. The lowest BCUT2D eigenvalue weighted by Crippen LogP contribution is -2.25. The lowest BCUT2D eigenvalue weighted by Gasteiger charge is -2.17. The maximum absolute atomic E-state index is 12.5. The largest absolute Gasteiger partial charge is 0.487 e. The number of anilines is 1. The predicted molar refractivity (Wildman–Crippen MR) is 92.1 cm³/mol. The van der Waals surface area contributed by atoms with Crippen LogP contribution >= 0.6 is 11.3 Å². The molecule has 3 aromatic rings. The lowest BCUT2D eigenvalue weighted by atomic mass is 10.2. The fraction of sp³-hybridized carbons (Fsp3) is 0.111. The van der Waals surface area contributed by atoms with Crippen molar-refractivity contribution in [2.75, 3.05) is 11.9 Å². The van der Waals surface area contributed by atoms with E-state index in [0.717, 1.165) is 17.1 Å². The number of aromatic nitrogens is 1. The Balaban J connectivity index is 1.65. The van der Waals surface area contributed by atoms with Crippen LogP contribution in [-0.2, 0) is 6.61 Å². The molecule has 0 atom stereocenters. The molecule has 116 valence electrons. The summed E-state index contributed by atoms with van der Waals surface area (Å²) in [4.78, 5) is 18.3. The van der Waals surface area contributed by atoms with Crippen LogP contribution in [0.1, 0.15) is 16.1 Å². The van der Waals surface area contributed by atoms with Crippen molar-refractivity contribution in [1.29, 1.82) is 0 Å². The molecule has 3 rings (SSSR count). The molecule has 23 heavy (non-hydrogen) atoms. The Bertz CT molecular complexity index is 755. The summed E-state index contributed by atoms with van der Waals surface area (Å²) >= 11 is 1.54.